The van der Waals surface area contributed by atoms with Crippen molar-refractivity contribution in [2.24, 2.45) is 0 Å². The fraction of sp³-hybridized carbons (Fsp3) is 0.214. The molecule has 1 aromatic heterocycles. The smallest absolute Gasteiger partial charge is 0.252 e. The van der Waals surface area contributed by atoms with Gasteiger partial charge in [-0.15, -0.1) is 11.3 Å². The zero-order valence-corrected chi connectivity index (χ0v) is 12.4. The van der Waals surface area contributed by atoms with Crippen LogP contribution in [0.3, 0.4) is 0 Å². The van der Waals surface area contributed by atoms with E-state index >= 15 is 0 Å². The fourth-order valence-corrected chi connectivity index (χ4v) is 3.07. The second-order valence-corrected chi connectivity index (χ2v) is 5.76. The van der Waals surface area contributed by atoms with Crippen LogP contribution in [0.2, 0.25) is 0 Å². The number of benzene rings is 1. The maximum absolute atomic E-state index is 12.2. The van der Waals surface area contributed by atoms with Crippen LogP contribution in [-0.4, -0.2) is 5.91 Å². The van der Waals surface area contributed by atoms with Crippen LogP contribution in [0.1, 0.15) is 34.6 Å². The van der Waals surface area contributed by atoms with Crippen molar-refractivity contribution in [1.82, 2.24) is 5.32 Å². The minimum absolute atomic E-state index is 0.0391. The highest BCUT2D eigenvalue weighted by Gasteiger charge is 2.16. The Hall–Kier alpha value is -1.13. The predicted octanol–water partition coefficient (Wildman–Crippen LogP) is 4.39. The molecule has 0 radical (unpaired) electrons. The Morgan fingerprint density at radius 1 is 1.33 bits per heavy atom. The van der Waals surface area contributed by atoms with Crippen molar-refractivity contribution in [3.05, 3.63) is 56.7 Å². The van der Waals surface area contributed by atoms with Crippen molar-refractivity contribution < 1.29 is 4.79 Å². The molecule has 0 saturated carbocycles. The molecule has 0 aliphatic carbocycles. The summed E-state index contributed by atoms with van der Waals surface area (Å²) in [7, 11) is 0. The van der Waals surface area contributed by atoms with Gasteiger partial charge in [-0.25, -0.2) is 0 Å². The number of hydrogen-bond donors (Lipinski definition) is 1. The largest absolute Gasteiger partial charge is 0.344 e. The lowest BCUT2D eigenvalue weighted by Crippen LogP contribution is -2.27. The summed E-state index contributed by atoms with van der Waals surface area (Å²) < 4.78 is 0.823. The third kappa shape index (κ3) is 3.00. The molecule has 2 rings (SSSR count). The first-order valence-electron chi connectivity index (χ1n) is 5.81. The molecule has 94 valence electrons. The molecule has 4 heteroatoms. The van der Waals surface area contributed by atoms with Gasteiger partial charge in [0.15, 0.2) is 0 Å². The van der Waals surface area contributed by atoms with Gasteiger partial charge in [0.25, 0.3) is 5.91 Å². The van der Waals surface area contributed by atoms with E-state index in [2.05, 4.69) is 34.2 Å². The summed E-state index contributed by atoms with van der Waals surface area (Å²) in [5.41, 5.74) is 0.674. The molecule has 0 saturated heterocycles. The topological polar surface area (TPSA) is 29.1 Å². The SMILES string of the molecule is CCC(NC(=O)c1ccccc1Br)c1cccs1. The zero-order chi connectivity index (χ0) is 13.0. The molecule has 0 fully saturated rings. The van der Waals surface area contributed by atoms with Crippen LogP contribution >= 0.6 is 27.3 Å². The van der Waals surface area contributed by atoms with E-state index in [1.54, 1.807) is 11.3 Å². The summed E-state index contributed by atoms with van der Waals surface area (Å²) in [5, 5.41) is 5.10. The first-order chi connectivity index (χ1) is 8.72. The maximum Gasteiger partial charge on any atom is 0.252 e. The molecule has 1 atom stereocenters. The zero-order valence-electron chi connectivity index (χ0n) is 10.0. The molecular formula is C14H14BrNOS. The lowest BCUT2D eigenvalue weighted by molar-refractivity contribution is 0.0935. The Labute approximate surface area is 119 Å². The van der Waals surface area contributed by atoms with E-state index in [0.29, 0.717) is 5.56 Å². The number of nitrogens with one attached hydrogen (secondary N) is 1. The molecule has 2 aromatic rings. The minimum Gasteiger partial charge on any atom is -0.344 e. The van der Waals surface area contributed by atoms with Gasteiger partial charge in [0.05, 0.1) is 11.6 Å². The summed E-state index contributed by atoms with van der Waals surface area (Å²) in [6.45, 7) is 2.07. The number of carbonyl (C=O) groups excluding carboxylic acids is 1. The lowest BCUT2D eigenvalue weighted by atomic mass is 10.1. The molecule has 0 bridgehead atoms. The molecule has 1 aromatic carbocycles. The number of amides is 1. The van der Waals surface area contributed by atoms with Gasteiger partial charge in [-0.1, -0.05) is 25.1 Å². The molecule has 0 spiro atoms. The average molecular weight is 324 g/mol. The van der Waals surface area contributed by atoms with E-state index in [1.807, 2.05) is 35.7 Å². The van der Waals surface area contributed by atoms with Crippen molar-refractivity contribution >= 4 is 33.2 Å². The number of thiophene rings is 1. The Morgan fingerprint density at radius 3 is 2.72 bits per heavy atom. The van der Waals surface area contributed by atoms with Crippen LogP contribution in [-0.2, 0) is 0 Å². The summed E-state index contributed by atoms with van der Waals surface area (Å²) in [6.07, 6.45) is 0.886. The third-order valence-corrected chi connectivity index (χ3v) is 4.40. The van der Waals surface area contributed by atoms with Crippen LogP contribution in [0.15, 0.2) is 46.3 Å². The molecule has 0 aliphatic heterocycles. The molecule has 1 heterocycles. The highest BCUT2D eigenvalue weighted by atomic mass is 79.9. The second kappa shape index (κ2) is 6.16. The van der Waals surface area contributed by atoms with E-state index in [9.17, 15) is 4.79 Å². The third-order valence-electron chi connectivity index (χ3n) is 2.72. The molecule has 2 nitrogen and oxygen atoms in total. The van der Waals surface area contributed by atoms with Crippen molar-refractivity contribution in [2.75, 3.05) is 0 Å². The maximum atomic E-state index is 12.2. The van der Waals surface area contributed by atoms with E-state index in [4.69, 9.17) is 0 Å². The van der Waals surface area contributed by atoms with Gasteiger partial charge >= 0.3 is 0 Å². The van der Waals surface area contributed by atoms with Crippen LogP contribution in [0.5, 0.6) is 0 Å². The standard InChI is InChI=1S/C14H14BrNOS/c1-2-12(13-8-5-9-18-13)16-14(17)10-6-3-4-7-11(10)15/h3-9,12H,2H2,1H3,(H,16,17). The highest BCUT2D eigenvalue weighted by molar-refractivity contribution is 9.10. The van der Waals surface area contributed by atoms with Crippen LogP contribution in [0.4, 0.5) is 0 Å². The average Bonchev–Trinajstić information content (AvgIpc) is 2.90. The van der Waals surface area contributed by atoms with Gasteiger partial charge < -0.3 is 5.32 Å². The monoisotopic (exact) mass is 323 g/mol. The van der Waals surface area contributed by atoms with Gasteiger partial charge in [-0.2, -0.15) is 0 Å². The molecule has 1 unspecified atom stereocenters. The van der Waals surface area contributed by atoms with Crippen LogP contribution in [0.25, 0.3) is 0 Å². The summed E-state index contributed by atoms with van der Waals surface area (Å²) in [5.74, 6) is -0.0391. The minimum atomic E-state index is -0.0391. The Balaban J connectivity index is 2.14. The normalized spacial score (nSPS) is 12.1. The predicted molar refractivity (Wildman–Crippen MR) is 79.0 cm³/mol. The van der Waals surface area contributed by atoms with Crippen molar-refractivity contribution in [1.29, 1.82) is 0 Å². The number of rotatable bonds is 4. The van der Waals surface area contributed by atoms with Gasteiger partial charge in [0.2, 0.25) is 0 Å². The lowest BCUT2D eigenvalue weighted by Gasteiger charge is -2.16. The molecule has 1 N–H and O–H groups in total. The Bertz CT molecular complexity index is 524. The van der Waals surface area contributed by atoms with E-state index in [-0.39, 0.29) is 11.9 Å². The fourth-order valence-electron chi connectivity index (χ4n) is 1.75. The summed E-state index contributed by atoms with van der Waals surface area (Å²) >= 11 is 5.07. The summed E-state index contributed by atoms with van der Waals surface area (Å²) in [4.78, 5) is 13.4. The first-order valence-corrected chi connectivity index (χ1v) is 7.48. The van der Waals surface area contributed by atoms with Gasteiger partial charge in [0, 0.05) is 9.35 Å². The summed E-state index contributed by atoms with van der Waals surface area (Å²) in [6, 6.07) is 11.6. The van der Waals surface area contributed by atoms with Gasteiger partial charge in [0.1, 0.15) is 0 Å². The molecule has 1 amide bonds. The molecular weight excluding hydrogens is 310 g/mol. The number of halogens is 1. The van der Waals surface area contributed by atoms with E-state index in [1.165, 1.54) is 4.88 Å². The van der Waals surface area contributed by atoms with Crippen LogP contribution in [0, 0.1) is 0 Å². The van der Waals surface area contributed by atoms with E-state index < -0.39 is 0 Å². The number of hydrogen-bond acceptors (Lipinski definition) is 2. The van der Waals surface area contributed by atoms with Crippen LogP contribution < -0.4 is 5.32 Å². The first kappa shape index (κ1) is 13.3. The van der Waals surface area contributed by atoms with Crippen molar-refractivity contribution in [3.8, 4) is 0 Å². The van der Waals surface area contributed by atoms with Gasteiger partial charge in [-0.3, -0.25) is 4.79 Å². The number of carbonyl (C=O) groups is 1. The quantitative estimate of drug-likeness (QED) is 0.888. The second-order valence-electron chi connectivity index (χ2n) is 3.93. The highest BCUT2D eigenvalue weighted by Crippen LogP contribution is 2.23. The molecule has 18 heavy (non-hydrogen) atoms. The van der Waals surface area contributed by atoms with E-state index in [0.717, 1.165) is 10.9 Å². The van der Waals surface area contributed by atoms with Crippen molar-refractivity contribution in [2.45, 2.75) is 19.4 Å². The van der Waals surface area contributed by atoms with Crippen molar-refractivity contribution in [3.63, 3.8) is 0 Å². The molecule has 0 aliphatic rings. The van der Waals surface area contributed by atoms with Gasteiger partial charge in [-0.05, 0) is 45.9 Å². The Kier molecular flexibility index (Phi) is 4.55. The Morgan fingerprint density at radius 2 is 2.11 bits per heavy atom.